The van der Waals surface area contributed by atoms with Gasteiger partial charge in [0.1, 0.15) is 24.5 Å². The first-order valence-corrected chi connectivity index (χ1v) is 21.1. The molecule has 4 amide bonds. The van der Waals surface area contributed by atoms with Crippen LogP contribution < -0.4 is 19.7 Å². The van der Waals surface area contributed by atoms with Crippen molar-refractivity contribution in [2.45, 2.75) is 62.9 Å². The van der Waals surface area contributed by atoms with E-state index in [2.05, 4.69) is 74.0 Å². The van der Waals surface area contributed by atoms with Gasteiger partial charge in [-0.2, -0.15) is 5.26 Å². The normalized spacial score (nSPS) is 19.9. The molecule has 0 bridgehead atoms. The molecule has 63 heavy (non-hydrogen) atoms. The van der Waals surface area contributed by atoms with Gasteiger partial charge in [-0.1, -0.05) is 24.0 Å². The number of aryl methyl sites for hydroxylation is 1. The standard InChI is InChI=1S/C49H41N7O7/c1-54-42-12-15-51-28-41(42)38-7-4-31(22-44(38)54)32-5-11-46(52-27-32)63-37-23-36(24-37)62-34-13-16-55(17-14-34)33-20-29(19-30(21-33)26-50)3-2-18-61-35-6-8-39-40(25-35)49(60)56(48(39)59)43-9-10-45(57)53-47(43)58/h4-8,11-12,15,19-22,25,27-28,34,36-37,43H,9-10,13-14,16-18,23-24H2,1H3,(H,53,57,58)/t36-,37-,43?. The number of imide groups is 2. The van der Waals surface area contributed by atoms with Gasteiger partial charge in [0.2, 0.25) is 17.7 Å². The Morgan fingerprint density at radius 2 is 1.60 bits per heavy atom. The van der Waals surface area contributed by atoms with Crippen LogP contribution >= 0.6 is 0 Å². The fourth-order valence-corrected chi connectivity index (χ4v) is 9.00. The predicted molar refractivity (Wildman–Crippen MR) is 232 cm³/mol. The van der Waals surface area contributed by atoms with Crippen molar-refractivity contribution in [3.63, 3.8) is 0 Å². The van der Waals surface area contributed by atoms with Gasteiger partial charge in [-0.25, -0.2) is 4.98 Å². The third-order valence-electron chi connectivity index (χ3n) is 12.4. The van der Waals surface area contributed by atoms with Crippen molar-refractivity contribution in [1.29, 1.82) is 5.26 Å². The second-order valence-corrected chi connectivity index (χ2v) is 16.4. The summed E-state index contributed by atoms with van der Waals surface area (Å²) in [5.74, 6) is 4.74. The summed E-state index contributed by atoms with van der Waals surface area (Å²) >= 11 is 0. The Bertz CT molecular complexity index is 2950. The Kier molecular flexibility index (Phi) is 10.3. The van der Waals surface area contributed by atoms with Crippen molar-refractivity contribution in [3.05, 3.63) is 114 Å². The molecule has 3 aliphatic heterocycles. The van der Waals surface area contributed by atoms with Crippen LogP contribution in [0.25, 0.3) is 32.9 Å². The van der Waals surface area contributed by atoms with Gasteiger partial charge in [-0.3, -0.25) is 34.4 Å². The van der Waals surface area contributed by atoms with E-state index in [4.69, 9.17) is 14.2 Å². The lowest BCUT2D eigenvalue weighted by Crippen LogP contribution is -2.54. The minimum absolute atomic E-state index is 0.00886. The van der Waals surface area contributed by atoms with Gasteiger partial charge in [0.15, 0.2) is 0 Å². The van der Waals surface area contributed by atoms with E-state index in [9.17, 15) is 24.4 Å². The number of amides is 4. The molecule has 1 N–H and O–H groups in total. The zero-order valence-electron chi connectivity index (χ0n) is 34.4. The quantitative estimate of drug-likeness (QED) is 0.132. The van der Waals surface area contributed by atoms with Crippen LogP contribution in [0.1, 0.15) is 70.4 Å². The van der Waals surface area contributed by atoms with Crippen molar-refractivity contribution in [2.75, 3.05) is 24.6 Å². The highest BCUT2D eigenvalue weighted by molar-refractivity contribution is 6.23. The third kappa shape index (κ3) is 7.70. The summed E-state index contributed by atoms with van der Waals surface area (Å²) in [4.78, 5) is 62.2. The second-order valence-electron chi connectivity index (χ2n) is 16.4. The maximum Gasteiger partial charge on any atom is 0.262 e. The molecule has 1 unspecified atom stereocenters. The van der Waals surface area contributed by atoms with Gasteiger partial charge in [0.25, 0.3) is 11.8 Å². The summed E-state index contributed by atoms with van der Waals surface area (Å²) < 4.78 is 20.7. The highest BCUT2D eigenvalue weighted by atomic mass is 16.5. The number of anilines is 1. The first-order chi connectivity index (χ1) is 30.7. The highest BCUT2D eigenvalue weighted by Crippen LogP contribution is 2.35. The zero-order valence-corrected chi connectivity index (χ0v) is 34.4. The van der Waals surface area contributed by atoms with E-state index >= 15 is 0 Å². The molecule has 0 spiro atoms. The van der Waals surface area contributed by atoms with Gasteiger partial charge < -0.3 is 23.7 Å². The number of nitrogens with one attached hydrogen (secondary N) is 1. The number of hydrogen-bond acceptors (Lipinski definition) is 11. The highest BCUT2D eigenvalue weighted by Gasteiger charge is 2.44. The molecular weight excluding hydrogens is 799 g/mol. The summed E-state index contributed by atoms with van der Waals surface area (Å²) in [7, 11) is 2.08. The number of nitriles is 1. The lowest BCUT2D eigenvalue weighted by Gasteiger charge is -2.40. The van der Waals surface area contributed by atoms with E-state index in [0.717, 1.165) is 76.9 Å². The Balaban J connectivity index is 0.688. The Labute approximate surface area is 362 Å². The molecule has 1 saturated carbocycles. The fourth-order valence-electron chi connectivity index (χ4n) is 9.00. The summed E-state index contributed by atoms with van der Waals surface area (Å²) in [5, 5.41) is 14.3. The Morgan fingerprint density at radius 1 is 0.794 bits per heavy atom. The van der Waals surface area contributed by atoms with Gasteiger partial charge >= 0.3 is 0 Å². The maximum atomic E-state index is 13.2. The molecule has 3 aromatic heterocycles. The van der Waals surface area contributed by atoms with E-state index in [1.807, 2.05) is 42.9 Å². The number of rotatable bonds is 9. The van der Waals surface area contributed by atoms with E-state index in [-0.39, 0.29) is 48.9 Å². The van der Waals surface area contributed by atoms with Crippen molar-refractivity contribution in [3.8, 4) is 40.7 Å². The summed E-state index contributed by atoms with van der Waals surface area (Å²) in [6.07, 6.45) is 9.44. The average molecular weight is 840 g/mol. The minimum atomic E-state index is -1.04. The number of pyridine rings is 2. The number of hydrogen-bond donors (Lipinski definition) is 1. The van der Waals surface area contributed by atoms with Crippen molar-refractivity contribution in [2.24, 2.45) is 7.05 Å². The molecule has 314 valence electrons. The number of fused-ring (bicyclic) bond motifs is 4. The van der Waals surface area contributed by atoms with Crippen molar-refractivity contribution >= 4 is 51.1 Å². The number of nitrogens with zero attached hydrogens (tertiary/aromatic N) is 6. The number of ether oxygens (including phenoxy) is 3. The van der Waals surface area contributed by atoms with Gasteiger partial charge in [-0.15, -0.1) is 0 Å². The molecule has 6 heterocycles. The molecule has 0 radical (unpaired) electrons. The predicted octanol–water partition coefficient (Wildman–Crippen LogP) is 6.09. The maximum absolute atomic E-state index is 13.2. The van der Waals surface area contributed by atoms with Crippen LogP contribution in [0.15, 0.2) is 91.4 Å². The van der Waals surface area contributed by atoms with Crippen LogP contribution in [0.4, 0.5) is 5.69 Å². The Hall–Kier alpha value is -7.55. The van der Waals surface area contributed by atoms with Crippen molar-refractivity contribution in [1.82, 2.24) is 24.8 Å². The lowest BCUT2D eigenvalue weighted by atomic mass is 9.91. The first-order valence-electron chi connectivity index (χ1n) is 21.1. The SMILES string of the molecule is Cn1c2ccncc2c2ccc(-c3ccc(O[C@H]4C[C@H](OC5CCN(c6cc(C#N)cc(C#CCOc7ccc8c(c7)C(=O)N(C7CCC(=O)NC7=O)C8=O)c6)CC5)C4)nc3)cc21. The molecule has 4 aliphatic rings. The second kappa shape index (κ2) is 16.4. The van der Waals surface area contributed by atoms with Crippen molar-refractivity contribution < 1.29 is 33.4 Å². The number of carbonyl (C=O) groups excluding carboxylic acids is 4. The lowest BCUT2D eigenvalue weighted by molar-refractivity contribution is -0.136. The monoisotopic (exact) mass is 839 g/mol. The van der Waals surface area contributed by atoms with Gasteiger partial charge in [-0.05, 0) is 79.4 Å². The molecule has 3 fully saturated rings. The van der Waals surface area contributed by atoms with Crippen LogP contribution in [0, 0.1) is 23.2 Å². The van der Waals surface area contributed by atoms with Crippen LogP contribution in [0.3, 0.4) is 0 Å². The van der Waals surface area contributed by atoms with Crippen LogP contribution in [-0.4, -0.2) is 87.1 Å². The van der Waals surface area contributed by atoms with Crippen LogP contribution in [-0.2, 0) is 21.4 Å². The molecule has 6 aromatic rings. The molecule has 14 nitrogen and oxygen atoms in total. The molecule has 3 aromatic carbocycles. The van der Waals surface area contributed by atoms with E-state index in [1.54, 1.807) is 12.1 Å². The van der Waals surface area contributed by atoms with Crippen LogP contribution in [0.5, 0.6) is 11.6 Å². The summed E-state index contributed by atoms with van der Waals surface area (Å²) in [5.41, 5.74) is 6.81. The van der Waals surface area contributed by atoms with E-state index < -0.39 is 29.7 Å². The summed E-state index contributed by atoms with van der Waals surface area (Å²) in [6.45, 7) is 1.55. The number of piperidine rings is 2. The molecule has 2 saturated heterocycles. The molecule has 14 heteroatoms. The molecule has 10 rings (SSSR count). The van der Waals surface area contributed by atoms with Gasteiger partial charge in [0.05, 0.1) is 40.5 Å². The Morgan fingerprint density at radius 3 is 2.40 bits per heavy atom. The van der Waals surface area contributed by atoms with E-state index in [0.29, 0.717) is 22.8 Å². The zero-order chi connectivity index (χ0) is 43.2. The minimum Gasteiger partial charge on any atom is -0.481 e. The topological polar surface area (TPSA) is 169 Å². The van der Waals surface area contributed by atoms with E-state index in [1.165, 1.54) is 17.5 Å². The smallest absolute Gasteiger partial charge is 0.262 e. The number of benzene rings is 3. The summed E-state index contributed by atoms with van der Waals surface area (Å²) in [6, 6.07) is 23.8. The molecule has 1 aliphatic carbocycles. The fraction of sp³-hybridized carbons (Fsp3) is 0.286. The molecular formula is C49H41N7O7. The average Bonchev–Trinajstić information content (AvgIpc) is 3.72. The number of aromatic nitrogens is 3. The third-order valence-corrected chi connectivity index (χ3v) is 12.4. The first kappa shape index (κ1) is 39.6. The van der Waals surface area contributed by atoms with Gasteiger partial charge in [0, 0.05) is 97.2 Å². The largest absolute Gasteiger partial charge is 0.481 e. The molecule has 1 atom stereocenters. The van der Waals surface area contributed by atoms with Crippen LogP contribution in [0.2, 0.25) is 0 Å². The number of carbonyl (C=O) groups is 4.